The highest BCUT2D eigenvalue weighted by atomic mass is 35.5. The van der Waals surface area contributed by atoms with Crippen molar-refractivity contribution in [3.8, 4) is 0 Å². The van der Waals surface area contributed by atoms with Gasteiger partial charge in [0, 0.05) is 11.3 Å². The number of halogens is 1. The molecule has 0 aliphatic carbocycles. The summed E-state index contributed by atoms with van der Waals surface area (Å²) in [6.07, 6.45) is 0. The minimum atomic E-state index is -0.970. The Labute approximate surface area is 126 Å². The molecule has 0 radical (unpaired) electrons. The lowest BCUT2D eigenvalue weighted by Gasteiger charge is -2.11. The van der Waals surface area contributed by atoms with Crippen molar-refractivity contribution in [1.82, 2.24) is 0 Å². The lowest BCUT2D eigenvalue weighted by Crippen LogP contribution is -2.10. The molecule has 0 saturated carbocycles. The third kappa shape index (κ3) is 3.32. The van der Waals surface area contributed by atoms with Crippen LogP contribution in [0.5, 0.6) is 0 Å². The number of aromatic carboxylic acids is 1. The van der Waals surface area contributed by atoms with Gasteiger partial charge < -0.3 is 16.2 Å². The van der Waals surface area contributed by atoms with Crippen LogP contribution in [0.3, 0.4) is 0 Å². The summed E-state index contributed by atoms with van der Waals surface area (Å²) in [6, 6.07) is 9.56. The summed E-state index contributed by atoms with van der Waals surface area (Å²) in [5.41, 5.74) is 7.68. The quantitative estimate of drug-likeness (QED) is 0.808. The van der Waals surface area contributed by atoms with Crippen LogP contribution in [-0.2, 0) is 0 Å². The number of benzene rings is 2. The van der Waals surface area contributed by atoms with Gasteiger partial charge in [0.25, 0.3) is 0 Å². The van der Waals surface area contributed by atoms with Crippen molar-refractivity contribution >= 4 is 34.9 Å². The van der Waals surface area contributed by atoms with Gasteiger partial charge in [0.05, 0.1) is 16.3 Å². The molecule has 0 bridgehead atoms. The van der Waals surface area contributed by atoms with Crippen LogP contribution >= 0.6 is 11.6 Å². The molecule has 5 nitrogen and oxygen atoms in total. The molecule has 0 aliphatic heterocycles. The number of nitrogens with two attached hydrogens (primary N) is 1. The minimum absolute atomic E-state index is 0.246. The second-order valence-electron chi connectivity index (χ2n) is 4.52. The number of hydrogen-bond donors (Lipinski definition) is 3. The summed E-state index contributed by atoms with van der Waals surface area (Å²) in [4.78, 5) is 22.0. The maximum absolute atomic E-state index is 11.1. The summed E-state index contributed by atoms with van der Waals surface area (Å²) in [5, 5.41) is 12.4. The normalized spacial score (nSPS) is 10.2. The van der Waals surface area contributed by atoms with Gasteiger partial charge in [-0.2, -0.15) is 0 Å². The van der Waals surface area contributed by atoms with Crippen LogP contribution < -0.4 is 11.1 Å². The summed E-state index contributed by atoms with van der Waals surface area (Å²) >= 11 is 6.08. The maximum atomic E-state index is 11.1. The zero-order valence-electron chi connectivity index (χ0n) is 11.2. The molecule has 21 heavy (non-hydrogen) atoms. The van der Waals surface area contributed by atoms with E-state index in [0.717, 1.165) is 0 Å². The van der Waals surface area contributed by atoms with E-state index in [1.807, 2.05) is 0 Å². The highest BCUT2D eigenvalue weighted by molar-refractivity contribution is 6.33. The molecule has 0 spiro atoms. The molecule has 6 heteroatoms. The van der Waals surface area contributed by atoms with E-state index in [9.17, 15) is 9.59 Å². The topological polar surface area (TPSA) is 92.4 Å². The SMILES string of the molecule is Cc1cc(Nc2ccc(C(N)=O)cc2Cl)ccc1C(=O)O. The Bertz CT molecular complexity index is 729. The van der Waals surface area contributed by atoms with Crippen molar-refractivity contribution in [2.24, 2.45) is 5.73 Å². The molecule has 0 unspecified atom stereocenters. The number of rotatable bonds is 4. The second kappa shape index (κ2) is 5.85. The molecule has 2 aromatic rings. The van der Waals surface area contributed by atoms with Gasteiger partial charge in [0.1, 0.15) is 0 Å². The van der Waals surface area contributed by atoms with Gasteiger partial charge in [-0.3, -0.25) is 4.79 Å². The third-order valence-electron chi connectivity index (χ3n) is 2.99. The van der Waals surface area contributed by atoms with Gasteiger partial charge in [0.15, 0.2) is 0 Å². The molecule has 1 amide bonds. The van der Waals surface area contributed by atoms with Gasteiger partial charge >= 0.3 is 5.97 Å². The summed E-state index contributed by atoms with van der Waals surface area (Å²) in [6.45, 7) is 1.71. The molecule has 0 fully saturated rings. The van der Waals surface area contributed by atoms with Crippen LogP contribution in [0.1, 0.15) is 26.3 Å². The first-order valence-electron chi connectivity index (χ1n) is 6.09. The zero-order valence-corrected chi connectivity index (χ0v) is 11.9. The van der Waals surface area contributed by atoms with Crippen molar-refractivity contribution in [3.63, 3.8) is 0 Å². The maximum Gasteiger partial charge on any atom is 0.335 e. The van der Waals surface area contributed by atoms with Crippen molar-refractivity contribution in [1.29, 1.82) is 0 Å². The van der Waals surface area contributed by atoms with Crippen LogP contribution in [-0.4, -0.2) is 17.0 Å². The third-order valence-corrected chi connectivity index (χ3v) is 3.30. The van der Waals surface area contributed by atoms with Gasteiger partial charge in [-0.25, -0.2) is 4.79 Å². The van der Waals surface area contributed by atoms with Gasteiger partial charge in [0.2, 0.25) is 5.91 Å². The molecule has 0 aromatic heterocycles. The largest absolute Gasteiger partial charge is 0.478 e. The monoisotopic (exact) mass is 304 g/mol. The number of nitrogens with one attached hydrogen (secondary N) is 1. The van der Waals surface area contributed by atoms with E-state index in [4.69, 9.17) is 22.4 Å². The van der Waals surface area contributed by atoms with E-state index < -0.39 is 11.9 Å². The predicted molar refractivity (Wildman–Crippen MR) is 81.4 cm³/mol. The Morgan fingerprint density at radius 3 is 2.43 bits per heavy atom. The van der Waals surface area contributed by atoms with Crippen molar-refractivity contribution in [3.05, 3.63) is 58.1 Å². The molecule has 0 atom stereocenters. The highest BCUT2D eigenvalue weighted by Crippen LogP contribution is 2.27. The van der Waals surface area contributed by atoms with Gasteiger partial charge in [-0.05, 0) is 48.9 Å². The Kier molecular flexibility index (Phi) is 4.14. The molecule has 0 saturated heterocycles. The van der Waals surface area contributed by atoms with Crippen molar-refractivity contribution in [2.45, 2.75) is 6.92 Å². The van der Waals surface area contributed by atoms with Crippen LogP contribution in [0, 0.1) is 6.92 Å². The Morgan fingerprint density at radius 1 is 1.19 bits per heavy atom. The summed E-state index contributed by atoms with van der Waals surface area (Å²) in [5.74, 6) is -1.52. The molecule has 2 rings (SSSR count). The lowest BCUT2D eigenvalue weighted by atomic mass is 10.1. The van der Waals surface area contributed by atoms with Crippen molar-refractivity contribution in [2.75, 3.05) is 5.32 Å². The second-order valence-corrected chi connectivity index (χ2v) is 4.93. The number of anilines is 2. The van der Waals surface area contributed by atoms with E-state index >= 15 is 0 Å². The Balaban J connectivity index is 2.28. The van der Waals surface area contributed by atoms with E-state index in [1.165, 1.54) is 12.1 Å². The molecule has 2 aromatic carbocycles. The van der Waals surface area contributed by atoms with Gasteiger partial charge in [-0.1, -0.05) is 11.6 Å². The zero-order chi connectivity index (χ0) is 15.6. The highest BCUT2D eigenvalue weighted by Gasteiger charge is 2.09. The Hall–Kier alpha value is -2.53. The molecular formula is C15H13ClN2O3. The molecular weight excluding hydrogens is 292 g/mol. The lowest BCUT2D eigenvalue weighted by molar-refractivity contribution is 0.0696. The predicted octanol–water partition coefficient (Wildman–Crippen LogP) is 3.19. The van der Waals surface area contributed by atoms with E-state index in [2.05, 4.69) is 5.32 Å². The number of carbonyl (C=O) groups excluding carboxylic acids is 1. The first-order chi connectivity index (χ1) is 9.88. The standard InChI is InChI=1S/C15H13ClN2O3/c1-8-6-10(3-4-11(8)15(20)21)18-13-5-2-9(14(17)19)7-12(13)16/h2-7,18H,1H3,(H2,17,19)(H,20,21). The molecule has 4 N–H and O–H groups in total. The van der Waals surface area contributed by atoms with E-state index in [0.29, 0.717) is 27.5 Å². The molecule has 0 heterocycles. The fraction of sp³-hybridized carbons (Fsp3) is 0.0667. The summed E-state index contributed by atoms with van der Waals surface area (Å²) < 4.78 is 0. The molecule has 108 valence electrons. The van der Waals surface area contributed by atoms with Gasteiger partial charge in [-0.15, -0.1) is 0 Å². The average molecular weight is 305 g/mol. The summed E-state index contributed by atoms with van der Waals surface area (Å²) in [7, 11) is 0. The fourth-order valence-electron chi connectivity index (χ4n) is 1.91. The minimum Gasteiger partial charge on any atom is -0.478 e. The number of carboxylic acid groups (broad SMARTS) is 1. The fourth-order valence-corrected chi connectivity index (χ4v) is 2.13. The average Bonchev–Trinajstić information content (AvgIpc) is 2.40. The number of carbonyl (C=O) groups is 2. The van der Waals surface area contributed by atoms with Crippen LogP contribution in [0.4, 0.5) is 11.4 Å². The number of aryl methyl sites for hydroxylation is 1. The Morgan fingerprint density at radius 2 is 1.90 bits per heavy atom. The van der Waals surface area contributed by atoms with Crippen LogP contribution in [0.25, 0.3) is 0 Å². The van der Waals surface area contributed by atoms with E-state index in [-0.39, 0.29) is 5.56 Å². The number of carboxylic acids is 1. The molecule has 0 aliphatic rings. The number of primary amides is 1. The first-order valence-corrected chi connectivity index (χ1v) is 6.46. The van der Waals surface area contributed by atoms with Crippen LogP contribution in [0.15, 0.2) is 36.4 Å². The van der Waals surface area contributed by atoms with Crippen molar-refractivity contribution < 1.29 is 14.7 Å². The first kappa shape index (κ1) is 14.9. The number of amides is 1. The van der Waals surface area contributed by atoms with Crippen LogP contribution in [0.2, 0.25) is 5.02 Å². The number of hydrogen-bond acceptors (Lipinski definition) is 3. The smallest absolute Gasteiger partial charge is 0.335 e. The van der Waals surface area contributed by atoms with E-state index in [1.54, 1.807) is 31.2 Å².